The molecule has 0 spiro atoms. The summed E-state index contributed by atoms with van der Waals surface area (Å²) >= 11 is 12.6. The fourth-order valence-electron chi connectivity index (χ4n) is 3.01. The van der Waals surface area contributed by atoms with Gasteiger partial charge in [-0.25, -0.2) is 9.67 Å². The Morgan fingerprint density at radius 1 is 1.13 bits per heavy atom. The van der Waals surface area contributed by atoms with Gasteiger partial charge in [0.05, 0.1) is 10.0 Å². The molecule has 2 aromatic heterocycles. The van der Waals surface area contributed by atoms with Crippen LogP contribution in [-0.2, 0) is 13.5 Å². The van der Waals surface area contributed by atoms with Crippen LogP contribution in [0.25, 0.3) is 17.1 Å². The van der Waals surface area contributed by atoms with Crippen LogP contribution in [0.2, 0.25) is 10.0 Å². The predicted octanol–water partition coefficient (Wildman–Crippen LogP) is 4.18. The monoisotopic (exact) mass is 441 g/mol. The number of carbonyl (C=O) groups is 1. The van der Waals surface area contributed by atoms with Gasteiger partial charge in [-0.05, 0) is 24.3 Å². The van der Waals surface area contributed by atoms with Gasteiger partial charge in [0.1, 0.15) is 17.8 Å². The van der Waals surface area contributed by atoms with E-state index in [-0.39, 0.29) is 5.82 Å². The van der Waals surface area contributed by atoms with Gasteiger partial charge in [-0.1, -0.05) is 48.3 Å². The lowest BCUT2D eigenvalue weighted by atomic mass is 10.2. The van der Waals surface area contributed by atoms with Crippen molar-refractivity contribution in [2.24, 2.45) is 7.05 Å². The first-order valence-corrected chi connectivity index (χ1v) is 9.89. The smallest absolute Gasteiger partial charge is 0.295 e. The van der Waals surface area contributed by atoms with E-state index in [1.165, 1.54) is 4.68 Å². The molecule has 0 aliphatic rings. The topological polar surface area (TPSA) is 90.5 Å². The molecule has 0 aliphatic carbocycles. The standard InChI is InChI=1S/C20H17Cl2N7O/c1-3-16-25-18(27-29(16)17-14(21)8-5-9-15(17)22)20(30)24-13-7-4-6-12(10-13)19-26-23-11-28(19)2/h4-11H,3H2,1-2H3,(H,24,30). The van der Waals surface area contributed by atoms with E-state index in [4.69, 9.17) is 23.2 Å². The molecule has 1 N–H and O–H groups in total. The number of amides is 1. The Morgan fingerprint density at radius 3 is 2.53 bits per heavy atom. The van der Waals surface area contributed by atoms with E-state index < -0.39 is 5.91 Å². The number of anilines is 1. The minimum Gasteiger partial charge on any atom is -0.319 e. The highest BCUT2D eigenvalue weighted by atomic mass is 35.5. The van der Waals surface area contributed by atoms with Crippen LogP contribution in [0.4, 0.5) is 5.69 Å². The molecule has 8 nitrogen and oxygen atoms in total. The van der Waals surface area contributed by atoms with E-state index in [0.29, 0.717) is 39.5 Å². The first-order chi connectivity index (χ1) is 14.5. The van der Waals surface area contributed by atoms with E-state index >= 15 is 0 Å². The van der Waals surface area contributed by atoms with Gasteiger partial charge < -0.3 is 9.88 Å². The second kappa shape index (κ2) is 8.25. The summed E-state index contributed by atoms with van der Waals surface area (Å²) < 4.78 is 3.31. The Kier molecular flexibility index (Phi) is 5.52. The normalized spacial score (nSPS) is 10.9. The molecule has 2 heterocycles. The second-order valence-electron chi connectivity index (χ2n) is 6.49. The Balaban J connectivity index is 1.64. The van der Waals surface area contributed by atoms with Crippen molar-refractivity contribution in [3.05, 3.63) is 70.5 Å². The number of nitrogens with one attached hydrogen (secondary N) is 1. The molecular formula is C20H17Cl2N7O. The third kappa shape index (κ3) is 3.79. The highest BCUT2D eigenvalue weighted by Gasteiger charge is 2.20. The van der Waals surface area contributed by atoms with E-state index in [2.05, 4.69) is 25.6 Å². The van der Waals surface area contributed by atoms with Gasteiger partial charge in [0.25, 0.3) is 5.91 Å². The van der Waals surface area contributed by atoms with Gasteiger partial charge in [0.15, 0.2) is 5.82 Å². The molecule has 0 bridgehead atoms. The fourth-order valence-corrected chi connectivity index (χ4v) is 3.56. The van der Waals surface area contributed by atoms with E-state index in [1.807, 2.05) is 32.2 Å². The Bertz CT molecular complexity index is 1210. The van der Waals surface area contributed by atoms with Gasteiger partial charge in [0, 0.05) is 24.7 Å². The molecule has 0 saturated carbocycles. The maximum atomic E-state index is 12.8. The number of hydrogen-bond donors (Lipinski definition) is 1. The number of nitrogens with zero attached hydrogens (tertiary/aromatic N) is 6. The Hall–Kier alpha value is -3.23. The number of benzene rings is 2. The van der Waals surface area contributed by atoms with Crippen LogP contribution < -0.4 is 5.32 Å². The van der Waals surface area contributed by atoms with E-state index in [0.717, 1.165) is 5.56 Å². The molecule has 30 heavy (non-hydrogen) atoms. The third-order valence-corrected chi connectivity index (χ3v) is 5.04. The number of halogens is 2. The Morgan fingerprint density at radius 2 is 1.87 bits per heavy atom. The summed E-state index contributed by atoms with van der Waals surface area (Å²) in [5, 5.41) is 16.0. The summed E-state index contributed by atoms with van der Waals surface area (Å²) in [4.78, 5) is 17.2. The van der Waals surface area contributed by atoms with E-state index in [1.54, 1.807) is 35.2 Å². The number of hydrogen-bond acceptors (Lipinski definition) is 5. The number of para-hydroxylation sites is 1. The number of carbonyl (C=O) groups excluding carboxylic acids is 1. The average Bonchev–Trinajstić information content (AvgIpc) is 3.34. The quantitative estimate of drug-likeness (QED) is 0.501. The molecule has 0 fully saturated rings. The summed E-state index contributed by atoms with van der Waals surface area (Å²) in [6.07, 6.45) is 2.16. The molecule has 0 radical (unpaired) electrons. The number of aromatic nitrogens is 6. The molecule has 4 rings (SSSR count). The maximum Gasteiger partial charge on any atom is 0.295 e. The van der Waals surface area contributed by atoms with Crippen molar-refractivity contribution in [2.45, 2.75) is 13.3 Å². The van der Waals surface area contributed by atoms with E-state index in [9.17, 15) is 4.79 Å². The first kappa shape index (κ1) is 20.1. The molecule has 0 atom stereocenters. The zero-order valence-electron chi connectivity index (χ0n) is 16.2. The van der Waals surface area contributed by atoms with Gasteiger partial charge in [0.2, 0.25) is 5.82 Å². The number of rotatable bonds is 5. The van der Waals surface area contributed by atoms with Crippen molar-refractivity contribution in [2.75, 3.05) is 5.32 Å². The molecule has 152 valence electrons. The predicted molar refractivity (Wildman–Crippen MR) is 115 cm³/mol. The largest absolute Gasteiger partial charge is 0.319 e. The van der Waals surface area contributed by atoms with Crippen LogP contribution in [0.1, 0.15) is 23.4 Å². The van der Waals surface area contributed by atoms with Crippen molar-refractivity contribution >= 4 is 34.8 Å². The maximum absolute atomic E-state index is 12.8. The van der Waals surface area contributed by atoms with Crippen LogP contribution >= 0.6 is 23.2 Å². The minimum atomic E-state index is -0.443. The summed E-state index contributed by atoms with van der Waals surface area (Å²) in [7, 11) is 1.85. The Labute approximate surface area is 182 Å². The fraction of sp³-hybridized carbons (Fsp3) is 0.150. The molecule has 4 aromatic rings. The first-order valence-electron chi connectivity index (χ1n) is 9.14. The summed E-state index contributed by atoms with van der Waals surface area (Å²) in [5.41, 5.74) is 1.91. The molecule has 1 amide bonds. The SMILES string of the molecule is CCc1nc(C(=O)Nc2cccc(-c3nncn3C)c2)nn1-c1c(Cl)cccc1Cl. The molecule has 0 saturated heterocycles. The van der Waals surface area contributed by atoms with Crippen molar-refractivity contribution in [3.8, 4) is 17.1 Å². The number of aryl methyl sites for hydroxylation is 2. The van der Waals surface area contributed by atoms with Crippen LogP contribution in [0.15, 0.2) is 48.8 Å². The van der Waals surface area contributed by atoms with Crippen LogP contribution in [-0.4, -0.2) is 35.4 Å². The van der Waals surface area contributed by atoms with Crippen molar-refractivity contribution in [1.29, 1.82) is 0 Å². The lowest BCUT2D eigenvalue weighted by Gasteiger charge is -2.08. The van der Waals surface area contributed by atoms with Crippen molar-refractivity contribution in [3.63, 3.8) is 0 Å². The summed E-state index contributed by atoms with van der Waals surface area (Å²) in [5.74, 6) is 0.840. The minimum absolute atomic E-state index is 0.0203. The van der Waals surface area contributed by atoms with Gasteiger partial charge >= 0.3 is 0 Å². The highest BCUT2D eigenvalue weighted by Crippen LogP contribution is 2.29. The van der Waals surface area contributed by atoms with Gasteiger partial charge in [-0.3, -0.25) is 4.79 Å². The van der Waals surface area contributed by atoms with Crippen LogP contribution in [0.5, 0.6) is 0 Å². The van der Waals surface area contributed by atoms with Gasteiger partial charge in [-0.15, -0.1) is 15.3 Å². The lowest BCUT2D eigenvalue weighted by Crippen LogP contribution is -2.14. The zero-order valence-corrected chi connectivity index (χ0v) is 17.7. The average molecular weight is 442 g/mol. The molecule has 0 unspecified atom stereocenters. The molecular weight excluding hydrogens is 425 g/mol. The highest BCUT2D eigenvalue weighted by molar-refractivity contribution is 6.37. The molecule has 2 aromatic carbocycles. The third-order valence-electron chi connectivity index (χ3n) is 4.43. The second-order valence-corrected chi connectivity index (χ2v) is 7.30. The molecule has 10 heteroatoms. The zero-order chi connectivity index (χ0) is 21.3. The van der Waals surface area contributed by atoms with Gasteiger partial charge in [-0.2, -0.15) is 0 Å². The van der Waals surface area contributed by atoms with Crippen molar-refractivity contribution in [1.82, 2.24) is 29.5 Å². The van der Waals surface area contributed by atoms with Crippen LogP contribution in [0, 0.1) is 0 Å². The van der Waals surface area contributed by atoms with Crippen LogP contribution in [0.3, 0.4) is 0 Å². The van der Waals surface area contributed by atoms with Crippen molar-refractivity contribution < 1.29 is 4.79 Å². The lowest BCUT2D eigenvalue weighted by molar-refractivity contribution is 0.101. The summed E-state index contributed by atoms with van der Waals surface area (Å²) in [6, 6.07) is 12.5. The molecule has 0 aliphatic heterocycles. The summed E-state index contributed by atoms with van der Waals surface area (Å²) in [6.45, 7) is 1.91.